The average Bonchev–Trinajstić information content (AvgIpc) is 2.83. The van der Waals surface area contributed by atoms with Crippen molar-refractivity contribution in [3.8, 4) is 0 Å². The van der Waals surface area contributed by atoms with Gasteiger partial charge in [0.05, 0.1) is 0 Å². The fraction of sp³-hybridized carbons (Fsp3) is 0.526. The van der Waals surface area contributed by atoms with Gasteiger partial charge in [0.25, 0.3) is 0 Å². The standard InChI is InChI=1S/C19H27N3O3S/c1-16-19(17(2)25-20-16)26(23,24)22-13-7-12-21(14-15-22)11-6-10-18-8-4-3-5-9-18/h3-5,8-9H,6-7,10-15H2,1-2H3. The van der Waals surface area contributed by atoms with E-state index in [1.165, 1.54) is 5.56 Å². The SMILES string of the molecule is Cc1noc(C)c1S(=O)(=O)N1CCCN(CCCc2ccccc2)CC1. The summed E-state index contributed by atoms with van der Waals surface area (Å²) in [6.45, 7) is 7.07. The van der Waals surface area contributed by atoms with Crippen molar-refractivity contribution in [3.05, 3.63) is 47.3 Å². The molecule has 0 saturated carbocycles. The Bertz CT molecular complexity index is 798. The number of hydrogen-bond acceptors (Lipinski definition) is 5. The van der Waals surface area contributed by atoms with Crippen molar-refractivity contribution >= 4 is 10.0 Å². The van der Waals surface area contributed by atoms with Crippen LogP contribution in [-0.4, -0.2) is 55.5 Å². The fourth-order valence-electron chi connectivity index (χ4n) is 3.53. The molecule has 2 aromatic rings. The minimum atomic E-state index is -3.54. The van der Waals surface area contributed by atoms with Crippen LogP contribution in [0.15, 0.2) is 39.8 Å². The Morgan fingerprint density at radius 1 is 1.08 bits per heavy atom. The highest BCUT2D eigenvalue weighted by Crippen LogP contribution is 2.24. The molecule has 0 amide bonds. The summed E-state index contributed by atoms with van der Waals surface area (Å²) in [6.07, 6.45) is 2.98. The van der Waals surface area contributed by atoms with E-state index in [0.717, 1.165) is 38.9 Å². The van der Waals surface area contributed by atoms with E-state index in [0.29, 0.717) is 24.5 Å². The lowest BCUT2D eigenvalue weighted by Crippen LogP contribution is -2.35. The summed E-state index contributed by atoms with van der Waals surface area (Å²) < 4.78 is 32.5. The number of sulfonamides is 1. The Balaban J connectivity index is 1.56. The molecule has 0 aliphatic carbocycles. The number of aromatic nitrogens is 1. The normalized spacial score (nSPS) is 17.3. The maximum atomic E-state index is 13.0. The summed E-state index contributed by atoms with van der Waals surface area (Å²) in [5.41, 5.74) is 1.79. The van der Waals surface area contributed by atoms with E-state index in [-0.39, 0.29) is 4.90 Å². The smallest absolute Gasteiger partial charge is 0.248 e. The van der Waals surface area contributed by atoms with Gasteiger partial charge in [-0.25, -0.2) is 8.42 Å². The molecule has 0 atom stereocenters. The van der Waals surface area contributed by atoms with E-state index >= 15 is 0 Å². The molecular weight excluding hydrogens is 350 g/mol. The third-order valence-electron chi connectivity index (χ3n) is 4.90. The quantitative estimate of drug-likeness (QED) is 0.774. The van der Waals surface area contributed by atoms with Gasteiger partial charge in [0, 0.05) is 19.6 Å². The zero-order valence-corrected chi connectivity index (χ0v) is 16.3. The molecule has 0 spiro atoms. The molecule has 2 heterocycles. The highest BCUT2D eigenvalue weighted by atomic mass is 32.2. The van der Waals surface area contributed by atoms with Crippen LogP contribution in [0.2, 0.25) is 0 Å². The zero-order valence-electron chi connectivity index (χ0n) is 15.5. The van der Waals surface area contributed by atoms with Gasteiger partial charge in [-0.15, -0.1) is 0 Å². The van der Waals surface area contributed by atoms with Crippen molar-refractivity contribution in [2.75, 3.05) is 32.7 Å². The monoisotopic (exact) mass is 377 g/mol. The number of nitrogens with zero attached hydrogens (tertiary/aromatic N) is 3. The van der Waals surface area contributed by atoms with E-state index in [4.69, 9.17) is 4.52 Å². The van der Waals surface area contributed by atoms with Crippen molar-refractivity contribution in [3.63, 3.8) is 0 Å². The molecule has 0 radical (unpaired) electrons. The third-order valence-corrected chi connectivity index (χ3v) is 7.04. The number of hydrogen-bond donors (Lipinski definition) is 0. The van der Waals surface area contributed by atoms with Crippen LogP contribution in [0.3, 0.4) is 0 Å². The van der Waals surface area contributed by atoms with Gasteiger partial charge in [-0.3, -0.25) is 0 Å². The van der Waals surface area contributed by atoms with Gasteiger partial charge >= 0.3 is 0 Å². The maximum Gasteiger partial charge on any atom is 0.248 e. The highest BCUT2D eigenvalue weighted by molar-refractivity contribution is 7.89. The average molecular weight is 378 g/mol. The molecule has 142 valence electrons. The topological polar surface area (TPSA) is 66.7 Å². The van der Waals surface area contributed by atoms with E-state index in [1.807, 2.05) is 6.07 Å². The lowest BCUT2D eigenvalue weighted by atomic mass is 10.1. The molecule has 7 heteroatoms. The first-order chi connectivity index (χ1) is 12.5. The van der Waals surface area contributed by atoms with Crippen LogP contribution in [0.4, 0.5) is 0 Å². The lowest BCUT2D eigenvalue weighted by molar-refractivity contribution is 0.283. The first-order valence-electron chi connectivity index (χ1n) is 9.18. The van der Waals surface area contributed by atoms with Gasteiger partial charge in [-0.1, -0.05) is 35.5 Å². The van der Waals surface area contributed by atoms with E-state index < -0.39 is 10.0 Å². The first kappa shape index (κ1) is 19.1. The van der Waals surface area contributed by atoms with E-state index in [1.54, 1.807) is 18.2 Å². The van der Waals surface area contributed by atoms with Crippen molar-refractivity contribution in [1.29, 1.82) is 0 Å². The van der Waals surface area contributed by atoms with Gasteiger partial charge < -0.3 is 9.42 Å². The van der Waals surface area contributed by atoms with E-state index in [9.17, 15) is 8.42 Å². The fourth-order valence-corrected chi connectivity index (χ4v) is 5.30. The van der Waals surface area contributed by atoms with Crippen LogP contribution in [0.1, 0.15) is 29.9 Å². The Morgan fingerprint density at radius 3 is 2.54 bits per heavy atom. The lowest BCUT2D eigenvalue weighted by Gasteiger charge is -2.21. The Kier molecular flexibility index (Phi) is 6.11. The molecule has 1 fully saturated rings. The second-order valence-electron chi connectivity index (χ2n) is 6.84. The molecule has 0 N–H and O–H groups in total. The van der Waals surface area contributed by atoms with Crippen molar-refractivity contribution in [2.45, 2.75) is 38.0 Å². The molecule has 3 rings (SSSR count). The molecule has 26 heavy (non-hydrogen) atoms. The Labute approximate surface area is 155 Å². The van der Waals surface area contributed by atoms with Crippen LogP contribution in [-0.2, 0) is 16.4 Å². The minimum absolute atomic E-state index is 0.232. The molecule has 1 aliphatic rings. The summed E-state index contributed by atoms with van der Waals surface area (Å²) in [7, 11) is -3.54. The molecule has 6 nitrogen and oxygen atoms in total. The second-order valence-corrected chi connectivity index (χ2v) is 8.72. The van der Waals surface area contributed by atoms with Gasteiger partial charge in [-0.05, 0) is 51.8 Å². The van der Waals surface area contributed by atoms with Gasteiger partial charge in [0.1, 0.15) is 10.6 Å². The summed E-state index contributed by atoms with van der Waals surface area (Å²) >= 11 is 0. The summed E-state index contributed by atoms with van der Waals surface area (Å²) in [4.78, 5) is 2.60. The maximum absolute atomic E-state index is 13.0. The Hall–Kier alpha value is -1.70. The molecule has 0 unspecified atom stereocenters. The molecule has 0 bridgehead atoms. The van der Waals surface area contributed by atoms with Gasteiger partial charge in [0.2, 0.25) is 10.0 Å². The Morgan fingerprint density at radius 2 is 1.85 bits per heavy atom. The van der Waals surface area contributed by atoms with Crippen LogP contribution in [0.25, 0.3) is 0 Å². The van der Waals surface area contributed by atoms with E-state index in [2.05, 4.69) is 34.3 Å². The first-order valence-corrected chi connectivity index (χ1v) is 10.6. The summed E-state index contributed by atoms with van der Waals surface area (Å²) in [5.74, 6) is 0.367. The largest absolute Gasteiger partial charge is 0.360 e. The van der Waals surface area contributed by atoms with Crippen LogP contribution >= 0.6 is 0 Å². The summed E-state index contributed by atoms with van der Waals surface area (Å²) in [5, 5.41) is 3.79. The molecular formula is C19H27N3O3S. The van der Waals surface area contributed by atoms with Crippen LogP contribution in [0, 0.1) is 13.8 Å². The third kappa shape index (κ3) is 4.34. The second kappa shape index (κ2) is 8.33. The molecule has 1 saturated heterocycles. The van der Waals surface area contributed by atoms with Gasteiger partial charge in [0.15, 0.2) is 5.76 Å². The predicted molar refractivity (Wildman–Crippen MR) is 101 cm³/mol. The molecule has 1 aromatic heterocycles. The van der Waals surface area contributed by atoms with Crippen LogP contribution in [0.5, 0.6) is 0 Å². The highest BCUT2D eigenvalue weighted by Gasteiger charge is 2.32. The van der Waals surface area contributed by atoms with Crippen molar-refractivity contribution < 1.29 is 12.9 Å². The minimum Gasteiger partial charge on any atom is -0.360 e. The number of benzene rings is 1. The molecule has 1 aromatic carbocycles. The summed E-state index contributed by atoms with van der Waals surface area (Å²) in [6, 6.07) is 10.5. The predicted octanol–water partition coefficient (Wildman–Crippen LogP) is 2.62. The van der Waals surface area contributed by atoms with Crippen molar-refractivity contribution in [1.82, 2.24) is 14.4 Å². The number of aryl methyl sites for hydroxylation is 3. The van der Waals surface area contributed by atoms with Crippen LogP contribution < -0.4 is 0 Å². The van der Waals surface area contributed by atoms with Gasteiger partial charge in [-0.2, -0.15) is 4.31 Å². The zero-order chi connectivity index (χ0) is 18.6. The number of rotatable bonds is 6. The van der Waals surface area contributed by atoms with Crippen molar-refractivity contribution in [2.24, 2.45) is 0 Å². The molecule has 1 aliphatic heterocycles.